The van der Waals surface area contributed by atoms with Crippen molar-refractivity contribution in [3.63, 3.8) is 0 Å². The fraction of sp³-hybridized carbons (Fsp3) is 0.800. The molecule has 0 aliphatic heterocycles. The monoisotopic (exact) mass is 472 g/mol. The number of rotatable bonds is 2. The highest BCUT2D eigenvalue weighted by Gasteiger charge is 2.63. The molecule has 0 N–H and O–H groups in total. The lowest BCUT2D eigenvalue weighted by Crippen LogP contribution is -2.63. The maximum absolute atomic E-state index is 3.48. The zero-order valence-corrected chi connectivity index (χ0v) is 25.0. The van der Waals surface area contributed by atoms with Gasteiger partial charge >= 0.3 is 0 Å². The molecule has 0 amide bonds. The maximum Gasteiger partial charge on any atom is 0.0197 e. The highest BCUT2D eigenvalue weighted by Crippen LogP contribution is 2.70. The first-order valence-electron chi connectivity index (χ1n) is 13.1. The van der Waals surface area contributed by atoms with E-state index in [9.17, 15) is 0 Å². The number of hydrogen-bond acceptors (Lipinski definition) is 0. The van der Waals surface area contributed by atoms with Crippen molar-refractivity contribution in [2.45, 2.75) is 122 Å². The molecule has 4 aliphatic carbocycles. The summed E-state index contributed by atoms with van der Waals surface area (Å²) in [5, 5.41) is 0.332. The molecule has 2 heteroatoms. The lowest BCUT2D eigenvalue weighted by Gasteiger charge is -2.67. The van der Waals surface area contributed by atoms with Gasteiger partial charge in [-0.2, -0.15) is 0 Å². The molecule has 5 unspecified atom stereocenters. The van der Waals surface area contributed by atoms with Gasteiger partial charge in [0.15, 0.2) is 0 Å². The Morgan fingerprint density at radius 3 is 1.72 bits per heavy atom. The lowest BCUT2D eigenvalue weighted by molar-refractivity contribution is -0.0340. The molecule has 1 aromatic carbocycles. The molecule has 1 aromatic rings. The summed E-state index contributed by atoms with van der Waals surface area (Å²) in [5.74, 6) is 2.73. The molecule has 4 saturated carbocycles. The Morgan fingerprint density at radius 2 is 1.31 bits per heavy atom. The zero-order chi connectivity index (χ0) is 24.1. The smallest absolute Gasteiger partial charge is 0.0197 e. The van der Waals surface area contributed by atoms with E-state index in [4.69, 9.17) is 0 Å². The molecule has 180 valence electrons. The first-order chi connectivity index (χ1) is 14.3. The Bertz CT molecular complexity index is 863. The van der Waals surface area contributed by atoms with Crippen molar-refractivity contribution in [2.75, 3.05) is 0 Å². The van der Waals surface area contributed by atoms with Crippen molar-refractivity contribution in [3.05, 3.63) is 34.9 Å². The van der Waals surface area contributed by atoms with Crippen LogP contribution in [0.25, 0.3) is 0 Å². The second-order valence-corrected chi connectivity index (χ2v) is 17.2. The van der Waals surface area contributed by atoms with Gasteiger partial charge in [-0.25, -0.2) is 0 Å². The van der Waals surface area contributed by atoms with Crippen LogP contribution in [0, 0.1) is 28.6 Å². The minimum Gasteiger partial charge on any atom is -0.130 e. The molecule has 4 bridgehead atoms. The Labute approximate surface area is 204 Å². The third-order valence-electron chi connectivity index (χ3n) is 10.3. The largest absolute Gasteiger partial charge is 0.130 e. The summed E-state index contributed by atoms with van der Waals surface area (Å²) in [5.41, 5.74) is 5.40. The first kappa shape index (κ1) is 25.2. The predicted octanol–water partition coefficient (Wildman–Crippen LogP) is 8.86. The minimum absolute atomic E-state index is 0.00948. The third kappa shape index (κ3) is 3.43. The van der Waals surface area contributed by atoms with E-state index in [-0.39, 0.29) is 26.8 Å². The molecule has 0 nitrogen and oxygen atoms in total. The van der Waals surface area contributed by atoms with Gasteiger partial charge in [0.25, 0.3) is 0 Å². The lowest BCUT2D eigenvalue weighted by atomic mass is 9.43. The summed E-state index contributed by atoms with van der Waals surface area (Å²) in [6, 6.07) is 7.66. The second kappa shape index (κ2) is 7.30. The van der Waals surface area contributed by atoms with E-state index < -0.39 is 0 Å². The molecule has 0 heterocycles. The Kier molecular flexibility index (Phi) is 5.74. The molecule has 5 rings (SSSR count). The van der Waals surface area contributed by atoms with E-state index in [1.165, 1.54) is 37.7 Å². The van der Waals surface area contributed by atoms with Crippen LogP contribution in [0.4, 0.5) is 0 Å². The van der Waals surface area contributed by atoms with Gasteiger partial charge < -0.3 is 0 Å². The fourth-order valence-corrected chi connectivity index (χ4v) is 9.83. The molecule has 5 atom stereocenters. The Hall–Kier alpha value is 0.0800. The summed E-state index contributed by atoms with van der Waals surface area (Å²) in [4.78, 5) is 0. The third-order valence-corrected chi connectivity index (χ3v) is 13.4. The van der Waals surface area contributed by atoms with Crippen LogP contribution < -0.4 is 0 Å². The molecule has 0 spiro atoms. The van der Waals surface area contributed by atoms with Gasteiger partial charge in [-0.05, 0) is 87.9 Å². The van der Waals surface area contributed by atoms with Crippen LogP contribution in [0.2, 0.25) is 0 Å². The number of hydrogen-bond donors (Lipinski definition) is 0. The van der Waals surface area contributed by atoms with E-state index in [1.807, 2.05) is 0 Å². The molecule has 4 fully saturated rings. The molecule has 32 heavy (non-hydrogen) atoms. The van der Waals surface area contributed by atoms with Gasteiger partial charge in [0.1, 0.15) is 0 Å². The van der Waals surface area contributed by atoms with Gasteiger partial charge in [-0.3, -0.25) is 0 Å². The van der Waals surface area contributed by atoms with Gasteiger partial charge in [0, 0.05) is 10.6 Å². The highest BCUT2D eigenvalue weighted by molar-refractivity contribution is 7.19. The van der Waals surface area contributed by atoms with E-state index in [1.54, 1.807) is 11.1 Å². The second-order valence-electron chi connectivity index (χ2n) is 15.2. The van der Waals surface area contributed by atoms with Crippen molar-refractivity contribution >= 4 is 18.5 Å². The number of benzene rings is 1. The normalized spacial score (nSPS) is 35.4. The summed E-state index contributed by atoms with van der Waals surface area (Å²) in [6.07, 6.45) is 7.17. The van der Waals surface area contributed by atoms with E-state index >= 15 is 0 Å². The van der Waals surface area contributed by atoms with Crippen LogP contribution in [-0.4, -0.2) is 5.16 Å². The van der Waals surface area contributed by atoms with Crippen LogP contribution in [0.1, 0.15) is 118 Å². The zero-order valence-electron chi connectivity index (χ0n) is 22.7. The predicted molar refractivity (Wildman–Crippen MR) is 149 cm³/mol. The molecule has 4 aliphatic rings. The molecule has 0 radical (unpaired) electrons. The van der Waals surface area contributed by atoms with Crippen molar-refractivity contribution in [3.8, 4) is 0 Å². The fourth-order valence-electron chi connectivity index (χ4n) is 8.52. The van der Waals surface area contributed by atoms with Crippen molar-refractivity contribution < 1.29 is 0 Å². The van der Waals surface area contributed by atoms with Crippen molar-refractivity contribution in [1.82, 2.24) is 0 Å². The highest BCUT2D eigenvalue weighted by atomic mass is 31.0. The van der Waals surface area contributed by atoms with Gasteiger partial charge in [0.05, 0.1) is 0 Å². The van der Waals surface area contributed by atoms with Crippen molar-refractivity contribution in [2.24, 2.45) is 28.6 Å². The first-order valence-corrected chi connectivity index (χ1v) is 14.2. The minimum atomic E-state index is -0.00948. The summed E-state index contributed by atoms with van der Waals surface area (Å²) in [6.45, 7) is 24.5. The Balaban J connectivity index is 2.03. The van der Waals surface area contributed by atoms with E-state index in [0.29, 0.717) is 5.16 Å². The molecule has 0 aromatic heterocycles. The molecule has 0 saturated heterocycles. The quantitative estimate of drug-likeness (QED) is 0.377. The summed E-state index contributed by atoms with van der Waals surface area (Å²) < 4.78 is 0. The average molecular weight is 473 g/mol. The Morgan fingerprint density at radius 1 is 0.812 bits per heavy atom. The van der Waals surface area contributed by atoms with Crippen LogP contribution in [0.3, 0.4) is 0 Å². The van der Waals surface area contributed by atoms with Crippen LogP contribution >= 0.6 is 18.5 Å². The van der Waals surface area contributed by atoms with Crippen LogP contribution in [0.15, 0.2) is 18.2 Å². The van der Waals surface area contributed by atoms with E-state index in [2.05, 4.69) is 106 Å². The van der Waals surface area contributed by atoms with Crippen LogP contribution in [-0.2, 0) is 16.0 Å². The van der Waals surface area contributed by atoms with Gasteiger partial charge in [0.2, 0.25) is 0 Å². The summed E-state index contributed by atoms with van der Waals surface area (Å²) in [7, 11) is 6.89. The SMILES string of the molecule is CC(C)(C)c1ccc(C(P)(C(C)(C)C)C(C)(C)C)c(C2(C)C3CC4CC(C3)CC2(P)C4)c1. The van der Waals surface area contributed by atoms with Gasteiger partial charge in [-0.1, -0.05) is 87.4 Å². The molecular formula is C30H50P2. The molecular weight excluding hydrogens is 422 g/mol. The standard InChI is InChI=1S/C30H50P2/c1-25(2,3)21-11-12-23(30(32,26(4,5)6)27(7,8)9)24(16-21)28(10)22-14-19-13-20(15-22)18-29(28,31)17-19/h11-12,16,19-20,22H,13-15,17-18,31-32H2,1-10H3. The van der Waals surface area contributed by atoms with Crippen LogP contribution in [0.5, 0.6) is 0 Å². The maximum atomic E-state index is 3.48. The summed E-state index contributed by atoms with van der Waals surface area (Å²) >= 11 is 0. The average Bonchev–Trinajstić information content (AvgIpc) is 2.61. The van der Waals surface area contributed by atoms with E-state index in [0.717, 1.165) is 17.8 Å². The van der Waals surface area contributed by atoms with Gasteiger partial charge in [-0.15, -0.1) is 18.5 Å². The topological polar surface area (TPSA) is 0 Å². The van der Waals surface area contributed by atoms with Crippen molar-refractivity contribution in [1.29, 1.82) is 0 Å².